The van der Waals surface area contributed by atoms with Gasteiger partial charge in [0.05, 0.1) is 20.3 Å². The number of benzene rings is 1. The highest BCUT2D eigenvalue weighted by atomic mass is 19.2. The number of nitrogens with one attached hydrogen (secondary N) is 1. The van der Waals surface area contributed by atoms with Gasteiger partial charge in [-0.1, -0.05) is 6.07 Å². The fourth-order valence-corrected chi connectivity index (χ4v) is 1.52. The summed E-state index contributed by atoms with van der Waals surface area (Å²) in [6.07, 6.45) is 0. The fourth-order valence-electron chi connectivity index (χ4n) is 1.52. The Labute approximate surface area is 114 Å². The van der Waals surface area contributed by atoms with Gasteiger partial charge in [-0.3, -0.25) is 0 Å². The molecule has 0 spiro atoms. The molecule has 2 aromatic rings. The first-order valence-corrected chi connectivity index (χ1v) is 5.77. The number of nitrogens with zero attached hydrogens (tertiary/aromatic N) is 2. The van der Waals surface area contributed by atoms with Crippen LogP contribution in [0.15, 0.2) is 24.3 Å². The molecule has 1 heterocycles. The van der Waals surface area contributed by atoms with Crippen LogP contribution in [-0.4, -0.2) is 24.2 Å². The van der Waals surface area contributed by atoms with Crippen molar-refractivity contribution in [2.24, 2.45) is 0 Å². The lowest BCUT2D eigenvalue weighted by atomic mass is 10.2. The highest BCUT2D eigenvalue weighted by molar-refractivity contribution is 5.34. The molecule has 1 N–H and O–H groups in total. The highest BCUT2D eigenvalue weighted by Gasteiger charge is 2.06. The maximum absolute atomic E-state index is 13.1. The Kier molecular flexibility index (Phi) is 4.29. The fraction of sp³-hybridized carbons (Fsp3) is 0.231. The van der Waals surface area contributed by atoms with E-state index in [1.54, 1.807) is 0 Å². The lowest BCUT2D eigenvalue weighted by Crippen LogP contribution is -2.06. The molecular weight excluding hydrogens is 268 g/mol. The van der Waals surface area contributed by atoms with Gasteiger partial charge in [0.25, 0.3) is 0 Å². The summed E-state index contributed by atoms with van der Waals surface area (Å²) < 4.78 is 35.9. The van der Waals surface area contributed by atoms with Gasteiger partial charge in [-0.25, -0.2) is 8.78 Å². The number of halogens is 2. The largest absolute Gasteiger partial charge is 0.481 e. The SMILES string of the molecule is COc1cc(OC)nc(NCc2ccc(F)c(F)c2)n1. The molecule has 0 aliphatic rings. The van der Waals surface area contributed by atoms with Crippen LogP contribution < -0.4 is 14.8 Å². The van der Waals surface area contributed by atoms with Gasteiger partial charge >= 0.3 is 0 Å². The number of rotatable bonds is 5. The van der Waals surface area contributed by atoms with E-state index >= 15 is 0 Å². The van der Waals surface area contributed by atoms with Crippen LogP contribution in [0.2, 0.25) is 0 Å². The Morgan fingerprint density at radius 2 is 1.65 bits per heavy atom. The van der Waals surface area contributed by atoms with Crippen molar-refractivity contribution >= 4 is 5.95 Å². The molecular formula is C13H13F2N3O2. The summed E-state index contributed by atoms with van der Waals surface area (Å²) in [6.45, 7) is 0.244. The summed E-state index contributed by atoms with van der Waals surface area (Å²) >= 11 is 0. The third-order valence-electron chi connectivity index (χ3n) is 2.53. The van der Waals surface area contributed by atoms with Crippen molar-refractivity contribution < 1.29 is 18.3 Å². The maximum atomic E-state index is 13.1. The van der Waals surface area contributed by atoms with E-state index in [-0.39, 0.29) is 12.5 Å². The molecule has 0 fully saturated rings. The number of aromatic nitrogens is 2. The summed E-state index contributed by atoms with van der Waals surface area (Å²) in [5.74, 6) is -0.832. The monoisotopic (exact) mass is 281 g/mol. The molecule has 0 saturated heterocycles. The van der Waals surface area contributed by atoms with Crippen molar-refractivity contribution in [3.05, 3.63) is 41.5 Å². The minimum absolute atomic E-state index is 0.244. The molecule has 2 rings (SSSR count). The van der Waals surface area contributed by atoms with Gasteiger partial charge in [-0.15, -0.1) is 0 Å². The van der Waals surface area contributed by atoms with E-state index < -0.39 is 11.6 Å². The van der Waals surface area contributed by atoms with Crippen LogP contribution in [0.4, 0.5) is 14.7 Å². The van der Waals surface area contributed by atoms with Crippen molar-refractivity contribution in [1.29, 1.82) is 0 Å². The molecule has 20 heavy (non-hydrogen) atoms. The number of anilines is 1. The van der Waals surface area contributed by atoms with Crippen LogP contribution in [0.5, 0.6) is 11.8 Å². The standard InChI is InChI=1S/C13H13F2N3O2/c1-19-11-6-12(20-2)18-13(17-11)16-7-8-3-4-9(14)10(15)5-8/h3-6H,7H2,1-2H3,(H,16,17,18). The minimum Gasteiger partial charge on any atom is -0.481 e. The molecule has 0 aliphatic heterocycles. The van der Waals surface area contributed by atoms with Crippen LogP contribution in [0.1, 0.15) is 5.56 Å². The Morgan fingerprint density at radius 1 is 1.00 bits per heavy atom. The molecule has 5 nitrogen and oxygen atoms in total. The van der Waals surface area contributed by atoms with Gasteiger partial charge in [0.15, 0.2) is 11.6 Å². The number of ether oxygens (including phenoxy) is 2. The molecule has 0 saturated carbocycles. The van der Waals surface area contributed by atoms with Gasteiger partial charge in [-0.2, -0.15) is 9.97 Å². The van der Waals surface area contributed by atoms with Crippen LogP contribution in [0.25, 0.3) is 0 Å². The second kappa shape index (κ2) is 6.14. The summed E-state index contributed by atoms with van der Waals surface area (Å²) in [6, 6.07) is 5.19. The van der Waals surface area contributed by atoms with E-state index in [1.165, 1.54) is 26.4 Å². The Morgan fingerprint density at radius 3 is 2.20 bits per heavy atom. The predicted molar refractivity (Wildman–Crippen MR) is 68.8 cm³/mol. The normalized spacial score (nSPS) is 10.2. The number of methoxy groups -OCH3 is 2. The first-order chi connectivity index (χ1) is 9.62. The van der Waals surface area contributed by atoms with Crippen LogP contribution in [0, 0.1) is 11.6 Å². The molecule has 7 heteroatoms. The van der Waals surface area contributed by atoms with Gasteiger partial charge in [0, 0.05) is 6.54 Å². The van der Waals surface area contributed by atoms with E-state index in [0.29, 0.717) is 17.3 Å². The Hall–Kier alpha value is -2.44. The van der Waals surface area contributed by atoms with Crippen molar-refractivity contribution in [2.75, 3.05) is 19.5 Å². The van der Waals surface area contributed by atoms with Gasteiger partial charge < -0.3 is 14.8 Å². The molecule has 0 radical (unpaired) electrons. The molecule has 1 aromatic heterocycles. The Bertz CT molecular complexity index is 586. The van der Waals surface area contributed by atoms with Gasteiger partial charge in [0.2, 0.25) is 17.7 Å². The maximum Gasteiger partial charge on any atom is 0.229 e. The number of hydrogen-bond acceptors (Lipinski definition) is 5. The topological polar surface area (TPSA) is 56.3 Å². The zero-order valence-electron chi connectivity index (χ0n) is 11.0. The van der Waals surface area contributed by atoms with Crippen LogP contribution in [-0.2, 0) is 6.54 Å². The quantitative estimate of drug-likeness (QED) is 0.912. The molecule has 0 amide bonds. The lowest BCUT2D eigenvalue weighted by molar-refractivity contribution is 0.373. The number of hydrogen-bond donors (Lipinski definition) is 1. The second-order valence-corrected chi connectivity index (χ2v) is 3.88. The van der Waals surface area contributed by atoms with Gasteiger partial charge in [-0.05, 0) is 17.7 Å². The average molecular weight is 281 g/mol. The molecule has 1 aromatic carbocycles. The minimum atomic E-state index is -0.895. The van der Waals surface area contributed by atoms with Crippen LogP contribution in [0.3, 0.4) is 0 Å². The smallest absolute Gasteiger partial charge is 0.229 e. The average Bonchev–Trinajstić information content (AvgIpc) is 2.48. The summed E-state index contributed by atoms with van der Waals surface area (Å²) in [4.78, 5) is 8.13. The van der Waals surface area contributed by atoms with E-state index in [1.807, 2.05) is 0 Å². The van der Waals surface area contributed by atoms with E-state index in [4.69, 9.17) is 9.47 Å². The Balaban J connectivity index is 2.11. The summed E-state index contributed by atoms with van der Waals surface area (Å²) in [5.41, 5.74) is 0.564. The summed E-state index contributed by atoms with van der Waals surface area (Å²) in [7, 11) is 2.95. The van der Waals surface area contributed by atoms with Crippen LogP contribution >= 0.6 is 0 Å². The van der Waals surface area contributed by atoms with Gasteiger partial charge in [0.1, 0.15) is 0 Å². The third-order valence-corrected chi connectivity index (χ3v) is 2.53. The molecule has 0 bridgehead atoms. The third kappa shape index (κ3) is 3.31. The van der Waals surface area contributed by atoms with E-state index in [2.05, 4.69) is 15.3 Å². The zero-order valence-corrected chi connectivity index (χ0v) is 11.0. The highest BCUT2D eigenvalue weighted by Crippen LogP contribution is 2.18. The lowest BCUT2D eigenvalue weighted by Gasteiger charge is -2.08. The first kappa shape index (κ1) is 14.0. The molecule has 0 unspecified atom stereocenters. The van der Waals surface area contributed by atoms with Crippen molar-refractivity contribution in [1.82, 2.24) is 9.97 Å². The second-order valence-electron chi connectivity index (χ2n) is 3.88. The summed E-state index contributed by atoms with van der Waals surface area (Å²) in [5, 5.41) is 2.89. The molecule has 0 atom stereocenters. The first-order valence-electron chi connectivity index (χ1n) is 5.77. The predicted octanol–water partition coefficient (Wildman–Crippen LogP) is 2.38. The van der Waals surface area contributed by atoms with E-state index in [0.717, 1.165) is 12.1 Å². The molecule has 0 aliphatic carbocycles. The van der Waals surface area contributed by atoms with Crippen molar-refractivity contribution in [3.63, 3.8) is 0 Å². The van der Waals surface area contributed by atoms with Crippen molar-refractivity contribution in [2.45, 2.75) is 6.54 Å². The van der Waals surface area contributed by atoms with Crippen molar-refractivity contribution in [3.8, 4) is 11.8 Å². The molecule has 106 valence electrons. The zero-order chi connectivity index (χ0) is 14.5. The van der Waals surface area contributed by atoms with E-state index in [9.17, 15) is 8.78 Å².